The number of nitrogens with zero attached hydrogens (tertiary/aromatic N) is 1. The lowest BCUT2D eigenvalue weighted by molar-refractivity contribution is 0.0757. The Kier molecular flexibility index (Phi) is 5.53. The van der Waals surface area contributed by atoms with Crippen LogP contribution in [0.5, 0.6) is 5.75 Å². The van der Waals surface area contributed by atoms with E-state index < -0.39 is 32.2 Å². The molecule has 2 unspecified atom stereocenters. The zero-order chi connectivity index (χ0) is 22.4. The number of hydrogen-bond donors (Lipinski definition) is 0. The monoisotopic (exact) mass is 485 g/mol. The number of carbonyl (C=O) groups excluding carboxylic acids is 2. The van der Waals surface area contributed by atoms with Crippen LogP contribution in [0.4, 0.5) is 4.79 Å². The van der Waals surface area contributed by atoms with Crippen molar-refractivity contribution in [3.8, 4) is 5.75 Å². The van der Waals surface area contributed by atoms with E-state index in [1.807, 2.05) is 0 Å². The van der Waals surface area contributed by atoms with E-state index in [-0.39, 0.29) is 30.1 Å². The van der Waals surface area contributed by atoms with Crippen LogP contribution in [-0.2, 0) is 28.0 Å². The van der Waals surface area contributed by atoms with Crippen molar-refractivity contribution in [1.29, 1.82) is 0 Å². The summed E-state index contributed by atoms with van der Waals surface area (Å²) in [4.78, 5) is 26.0. The largest absolute Gasteiger partial charge is 0.427 e. The third-order valence-electron chi connectivity index (χ3n) is 4.77. The summed E-state index contributed by atoms with van der Waals surface area (Å²) in [5.74, 6) is -0.936. The topological polar surface area (TPSA) is 108 Å². The van der Waals surface area contributed by atoms with E-state index in [1.54, 1.807) is 26.0 Å². The lowest BCUT2D eigenvalue weighted by Crippen LogP contribution is -2.37. The number of ether oxygens (including phenoxy) is 1. The van der Waals surface area contributed by atoms with E-state index in [0.29, 0.717) is 9.69 Å². The maximum atomic E-state index is 14.5. The molecule has 0 spiro atoms. The molecular weight excluding hydrogens is 468 g/mol. The van der Waals surface area contributed by atoms with Gasteiger partial charge < -0.3 is 18.3 Å². The van der Waals surface area contributed by atoms with E-state index in [2.05, 4.69) is 0 Å². The maximum absolute atomic E-state index is 14.5. The number of para-hydroxylation sites is 1. The summed E-state index contributed by atoms with van der Waals surface area (Å²) in [7, 11) is -9.26. The minimum absolute atomic E-state index is 0.00602. The molecule has 0 radical (unpaired) electrons. The molecule has 0 saturated carbocycles. The number of imide groups is 1. The Morgan fingerprint density at radius 1 is 1.06 bits per heavy atom. The van der Waals surface area contributed by atoms with Crippen LogP contribution in [0.1, 0.15) is 29.8 Å². The molecule has 1 saturated heterocycles. The smallest absolute Gasteiger partial charge is 0.424 e. The molecular formula is C19H18ClNO8P2. The van der Waals surface area contributed by atoms with Crippen LogP contribution in [-0.4, -0.2) is 29.9 Å². The molecule has 2 aromatic rings. The highest BCUT2D eigenvalue weighted by Crippen LogP contribution is 2.86. The van der Waals surface area contributed by atoms with Crippen molar-refractivity contribution in [2.45, 2.75) is 18.9 Å². The quantitative estimate of drug-likeness (QED) is 0.487. The van der Waals surface area contributed by atoms with Crippen LogP contribution < -0.4 is 4.52 Å². The highest BCUT2D eigenvalue weighted by atomic mass is 35.5. The predicted molar refractivity (Wildman–Crippen MR) is 111 cm³/mol. The number of carbonyl (C=O) groups is 2. The molecule has 31 heavy (non-hydrogen) atoms. The lowest BCUT2D eigenvalue weighted by Gasteiger charge is -2.38. The third-order valence-corrected chi connectivity index (χ3v) is 11.2. The van der Waals surface area contributed by atoms with Gasteiger partial charge in [0.15, 0.2) is 0 Å². The highest BCUT2D eigenvalue weighted by molar-refractivity contribution is 7.75. The summed E-state index contributed by atoms with van der Waals surface area (Å²) < 4.78 is 51.2. The predicted octanol–water partition coefficient (Wildman–Crippen LogP) is 5.59. The molecule has 2 atom stereocenters. The summed E-state index contributed by atoms with van der Waals surface area (Å²) in [6, 6.07) is 11.6. The number of benzene rings is 2. The molecule has 9 nitrogen and oxygen atoms in total. The fraction of sp³-hybridized carbons (Fsp3) is 0.263. The van der Waals surface area contributed by atoms with Crippen LogP contribution in [0.15, 0.2) is 48.5 Å². The van der Waals surface area contributed by atoms with Crippen molar-refractivity contribution in [3.05, 3.63) is 64.7 Å². The van der Waals surface area contributed by atoms with Gasteiger partial charge >= 0.3 is 26.3 Å². The van der Waals surface area contributed by atoms with Crippen LogP contribution >= 0.6 is 26.7 Å². The summed E-state index contributed by atoms with van der Waals surface area (Å²) >= 11 is 5.99. The van der Waals surface area contributed by atoms with Gasteiger partial charge in [-0.3, -0.25) is 9.36 Å². The second-order valence-electron chi connectivity index (χ2n) is 6.54. The molecule has 0 aromatic heterocycles. The summed E-state index contributed by atoms with van der Waals surface area (Å²) in [6.07, 6.45) is -1.28. The van der Waals surface area contributed by atoms with E-state index in [9.17, 15) is 18.7 Å². The first-order chi connectivity index (χ1) is 14.7. The first-order valence-electron chi connectivity index (χ1n) is 9.36. The minimum Gasteiger partial charge on any atom is -0.424 e. The highest BCUT2D eigenvalue weighted by Gasteiger charge is 2.80. The molecule has 2 aliphatic rings. The van der Waals surface area contributed by atoms with Crippen molar-refractivity contribution in [3.63, 3.8) is 0 Å². The first kappa shape index (κ1) is 22.1. The second kappa shape index (κ2) is 7.76. The van der Waals surface area contributed by atoms with Gasteiger partial charge in [-0.2, -0.15) is 4.67 Å². The van der Waals surface area contributed by atoms with E-state index in [1.165, 1.54) is 36.4 Å². The Bertz CT molecular complexity index is 1140. The first-order valence-corrected chi connectivity index (χ1v) is 12.9. The molecule has 0 bridgehead atoms. The average Bonchev–Trinajstić information content (AvgIpc) is 2.97. The molecule has 0 N–H and O–H groups in total. The summed E-state index contributed by atoms with van der Waals surface area (Å²) in [5.41, 5.74) is 0.00832. The average molecular weight is 486 g/mol. The molecule has 2 heterocycles. The fourth-order valence-electron chi connectivity index (χ4n) is 3.55. The summed E-state index contributed by atoms with van der Waals surface area (Å²) in [5, 5.41) is -2.22. The van der Waals surface area contributed by atoms with Gasteiger partial charge in [0.05, 0.1) is 18.8 Å². The Hall–Kier alpha value is -2.15. The zero-order valence-corrected chi connectivity index (χ0v) is 19.1. The third kappa shape index (κ3) is 2.99. The summed E-state index contributed by atoms with van der Waals surface area (Å²) in [6.45, 7) is 2.87. The number of fused-ring (bicyclic) bond motifs is 2. The normalized spacial score (nSPS) is 24.9. The number of hydrogen-bond acceptors (Lipinski definition) is 8. The van der Waals surface area contributed by atoms with Crippen molar-refractivity contribution in [2.75, 3.05) is 13.2 Å². The molecule has 2 aromatic carbocycles. The van der Waals surface area contributed by atoms with Gasteiger partial charge in [-0.15, -0.1) is 0 Å². The van der Waals surface area contributed by atoms with Crippen LogP contribution in [0.2, 0.25) is 5.02 Å². The van der Waals surface area contributed by atoms with Crippen molar-refractivity contribution < 1.29 is 37.0 Å². The number of amides is 2. The fourth-order valence-corrected chi connectivity index (χ4v) is 9.59. The molecule has 2 aliphatic heterocycles. The Labute approximate surface area is 183 Å². The molecule has 12 heteroatoms. The van der Waals surface area contributed by atoms with Crippen molar-refractivity contribution in [1.82, 2.24) is 4.67 Å². The van der Waals surface area contributed by atoms with Gasteiger partial charge in [0.25, 0.3) is 5.91 Å². The number of cyclic esters (lactones) is 1. The second-order valence-corrected chi connectivity index (χ2v) is 11.7. The van der Waals surface area contributed by atoms with Gasteiger partial charge in [0.1, 0.15) is 5.75 Å². The van der Waals surface area contributed by atoms with Gasteiger partial charge in [-0.05, 0) is 38.1 Å². The van der Waals surface area contributed by atoms with E-state index >= 15 is 0 Å². The number of rotatable bonds is 6. The van der Waals surface area contributed by atoms with Crippen LogP contribution in [0.25, 0.3) is 0 Å². The lowest BCUT2D eigenvalue weighted by atomic mass is 10.2. The number of halogens is 1. The standard InChI is InChI=1S/C19H18ClNO8P2/c1-3-26-31(25,27-4-2)19(13-9-11-14(20)12-10-13)28-18(23)21-17(22)15-7-5-6-8-16(15)29-30(19,21)24/h5-12H,3-4H2,1-2H3. The molecule has 2 amide bonds. The SMILES string of the molecule is CCOP(=O)(OCC)C1(c2ccc(Cl)cc2)OC(=O)N2C(=O)c3ccccc3OP21=O. The van der Waals surface area contributed by atoms with E-state index in [4.69, 9.17) is 29.9 Å². The van der Waals surface area contributed by atoms with Gasteiger partial charge in [-0.25, -0.2) is 9.36 Å². The molecule has 1 fully saturated rings. The van der Waals surface area contributed by atoms with E-state index in [0.717, 1.165) is 0 Å². The van der Waals surface area contributed by atoms with Crippen LogP contribution in [0.3, 0.4) is 0 Å². The van der Waals surface area contributed by atoms with Gasteiger partial charge in [0, 0.05) is 10.6 Å². The Morgan fingerprint density at radius 3 is 2.29 bits per heavy atom. The van der Waals surface area contributed by atoms with Crippen molar-refractivity contribution in [2.24, 2.45) is 0 Å². The molecule has 4 rings (SSSR count). The molecule has 0 aliphatic carbocycles. The van der Waals surface area contributed by atoms with Crippen LogP contribution in [0, 0.1) is 0 Å². The molecule has 164 valence electrons. The zero-order valence-electron chi connectivity index (χ0n) is 16.5. The minimum atomic E-state index is -4.72. The van der Waals surface area contributed by atoms with Gasteiger partial charge in [0.2, 0.25) is 0 Å². The maximum Gasteiger partial charge on any atom is 0.427 e. The Morgan fingerprint density at radius 2 is 1.68 bits per heavy atom. The Balaban J connectivity index is 2.05. The van der Waals surface area contributed by atoms with Crippen molar-refractivity contribution >= 4 is 38.7 Å². The van der Waals surface area contributed by atoms with Gasteiger partial charge in [-0.1, -0.05) is 35.9 Å².